The zero-order chi connectivity index (χ0) is 14.8. The second-order valence-corrected chi connectivity index (χ2v) is 3.89. The van der Waals surface area contributed by atoms with Crippen LogP contribution in [0.1, 0.15) is 20.7 Å². The molecular formula is C16H22N2O2S2. The van der Waals surface area contributed by atoms with E-state index < -0.39 is 0 Å². The summed E-state index contributed by atoms with van der Waals surface area (Å²) in [7, 11) is 3.24. The van der Waals surface area contributed by atoms with E-state index in [-0.39, 0.29) is 38.8 Å². The summed E-state index contributed by atoms with van der Waals surface area (Å²) < 4.78 is 0. The van der Waals surface area contributed by atoms with Crippen LogP contribution >= 0.6 is 27.0 Å². The zero-order valence-corrected chi connectivity index (χ0v) is 14.6. The van der Waals surface area contributed by atoms with E-state index in [4.69, 9.17) is 0 Å². The van der Waals surface area contributed by atoms with Crippen LogP contribution in [-0.4, -0.2) is 25.9 Å². The van der Waals surface area contributed by atoms with Gasteiger partial charge in [-0.3, -0.25) is 9.59 Å². The molecule has 6 heteroatoms. The number of rotatable bonds is 2. The van der Waals surface area contributed by atoms with Crippen molar-refractivity contribution < 1.29 is 9.59 Å². The standard InChI is InChI=1S/2C8H9NO.2H2S/c2*1-9-8(10)7-5-3-2-4-6-7;;/h2*2-6H,1H3,(H,9,10);2*1H2. The van der Waals surface area contributed by atoms with E-state index in [0.717, 1.165) is 0 Å². The first-order chi connectivity index (χ1) is 9.69. The van der Waals surface area contributed by atoms with Gasteiger partial charge in [0.15, 0.2) is 0 Å². The van der Waals surface area contributed by atoms with Gasteiger partial charge in [-0.05, 0) is 24.3 Å². The van der Waals surface area contributed by atoms with E-state index >= 15 is 0 Å². The number of carbonyl (C=O) groups is 2. The minimum absolute atomic E-state index is 0. The van der Waals surface area contributed by atoms with Gasteiger partial charge < -0.3 is 10.6 Å². The molecule has 0 saturated heterocycles. The molecule has 0 fully saturated rings. The Hall–Kier alpha value is -1.92. The van der Waals surface area contributed by atoms with Gasteiger partial charge in [0, 0.05) is 25.2 Å². The van der Waals surface area contributed by atoms with Crippen LogP contribution in [0.4, 0.5) is 0 Å². The predicted molar refractivity (Wildman–Crippen MR) is 100 cm³/mol. The number of benzene rings is 2. The number of amides is 2. The van der Waals surface area contributed by atoms with Crippen molar-refractivity contribution in [3.63, 3.8) is 0 Å². The molecule has 0 heterocycles. The van der Waals surface area contributed by atoms with Gasteiger partial charge in [0.1, 0.15) is 0 Å². The summed E-state index contributed by atoms with van der Waals surface area (Å²) in [6.45, 7) is 0. The summed E-state index contributed by atoms with van der Waals surface area (Å²) in [5.74, 6) is -0.0822. The molecule has 22 heavy (non-hydrogen) atoms. The van der Waals surface area contributed by atoms with E-state index in [9.17, 15) is 9.59 Å². The smallest absolute Gasteiger partial charge is 0.251 e. The molecule has 2 aromatic rings. The topological polar surface area (TPSA) is 58.2 Å². The minimum Gasteiger partial charge on any atom is -0.355 e. The van der Waals surface area contributed by atoms with Gasteiger partial charge in [0.2, 0.25) is 0 Å². The highest BCUT2D eigenvalue weighted by Gasteiger charge is 1.98. The molecule has 120 valence electrons. The summed E-state index contributed by atoms with van der Waals surface area (Å²) in [6.07, 6.45) is 0. The van der Waals surface area contributed by atoms with E-state index in [2.05, 4.69) is 10.6 Å². The van der Waals surface area contributed by atoms with Crippen molar-refractivity contribution in [2.24, 2.45) is 0 Å². The molecule has 2 aromatic carbocycles. The van der Waals surface area contributed by atoms with Crippen LogP contribution in [-0.2, 0) is 0 Å². The minimum atomic E-state index is -0.0411. The molecule has 0 spiro atoms. The van der Waals surface area contributed by atoms with Crippen molar-refractivity contribution in [1.29, 1.82) is 0 Å². The monoisotopic (exact) mass is 338 g/mol. The summed E-state index contributed by atoms with van der Waals surface area (Å²) in [5.41, 5.74) is 1.40. The molecule has 4 nitrogen and oxygen atoms in total. The van der Waals surface area contributed by atoms with Gasteiger partial charge in [-0.1, -0.05) is 36.4 Å². The van der Waals surface area contributed by atoms with Gasteiger partial charge in [0.05, 0.1) is 0 Å². The number of carbonyl (C=O) groups excluding carboxylic acids is 2. The van der Waals surface area contributed by atoms with Crippen molar-refractivity contribution in [1.82, 2.24) is 10.6 Å². The maximum absolute atomic E-state index is 10.9. The zero-order valence-electron chi connectivity index (χ0n) is 12.6. The third kappa shape index (κ3) is 7.75. The molecule has 0 unspecified atom stereocenters. The molecule has 0 aliphatic heterocycles. The van der Waals surface area contributed by atoms with E-state index in [1.807, 2.05) is 36.4 Å². The molecule has 0 aliphatic carbocycles. The fourth-order valence-electron chi connectivity index (χ4n) is 1.47. The Morgan fingerprint density at radius 2 is 0.909 bits per heavy atom. The SMILES string of the molecule is CNC(=O)c1ccccc1.CNC(=O)c1ccccc1.S.S. The van der Waals surface area contributed by atoms with Crippen LogP contribution in [0.2, 0.25) is 0 Å². The lowest BCUT2D eigenvalue weighted by Crippen LogP contribution is -2.17. The maximum atomic E-state index is 10.9. The van der Waals surface area contributed by atoms with Crippen LogP contribution in [0, 0.1) is 0 Å². The van der Waals surface area contributed by atoms with Gasteiger partial charge in [-0.25, -0.2) is 0 Å². The van der Waals surface area contributed by atoms with Gasteiger partial charge in [0.25, 0.3) is 11.8 Å². The molecule has 2 N–H and O–H groups in total. The second kappa shape index (κ2) is 12.8. The Morgan fingerprint density at radius 1 is 0.636 bits per heavy atom. The quantitative estimate of drug-likeness (QED) is 0.883. The summed E-state index contributed by atoms with van der Waals surface area (Å²) in [6, 6.07) is 18.2. The van der Waals surface area contributed by atoms with E-state index in [0.29, 0.717) is 11.1 Å². The third-order valence-electron chi connectivity index (χ3n) is 2.53. The second-order valence-electron chi connectivity index (χ2n) is 3.89. The molecule has 0 bridgehead atoms. The van der Waals surface area contributed by atoms with Crippen molar-refractivity contribution in [2.75, 3.05) is 14.1 Å². The molecule has 0 saturated carbocycles. The van der Waals surface area contributed by atoms with Crippen LogP contribution in [0.5, 0.6) is 0 Å². The van der Waals surface area contributed by atoms with Crippen LogP contribution in [0.25, 0.3) is 0 Å². The summed E-state index contributed by atoms with van der Waals surface area (Å²) in [4.78, 5) is 21.8. The van der Waals surface area contributed by atoms with Gasteiger partial charge in [-0.15, -0.1) is 0 Å². The molecular weight excluding hydrogens is 316 g/mol. The molecule has 2 amide bonds. The van der Waals surface area contributed by atoms with Crippen LogP contribution in [0.3, 0.4) is 0 Å². The Kier molecular flexibility index (Phi) is 13.0. The fourth-order valence-corrected chi connectivity index (χ4v) is 1.47. The van der Waals surface area contributed by atoms with Crippen molar-refractivity contribution in [3.8, 4) is 0 Å². The van der Waals surface area contributed by atoms with Crippen molar-refractivity contribution in [3.05, 3.63) is 71.8 Å². The van der Waals surface area contributed by atoms with Crippen molar-refractivity contribution >= 4 is 38.8 Å². The number of nitrogens with one attached hydrogen (secondary N) is 2. The lowest BCUT2D eigenvalue weighted by atomic mass is 10.2. The number of hydrogen-bond acceptors (Lipinski definition) is 2. The van der Waals surface area contributed by atoms with Gasteiger partial charge in [-0.2, -0.15) is 27.0 Å². The fraction of sp³-hybridized carbons (Fsp3) is 0.125. The predicted octanol–water partition coefficient (Wildman–Crippen LogP) is 2.32. The molecule has 0 aliphatic rings. The highest BCUT2D eigenvalue weighted by Crippen LogP contribution is 1.97. The Bertz CT molecular complexity index is 497. The third-order valence-corrected chi connectivity index (χ3v) is 2.53. The van der Waals surface area contributed by atoms with E-state index in [1.165, 1.54) is 0 Å². The van der Waals surface area contributed by atoms with Gasteiger partial charge >= 0.3 is 0 Å². The summed E-state index contributed by atoms with van der Waals surface area (Å²) in [5, 5.41) is 5.08. The Balaban J connectivity index is 0. The normalized spacial score (nSPS) is 8.09. The first-order valence-corrected chi connectivity index (χ1v) is 6.23. The average Bonchev–Trinajstić information content (AvgIpc) is 2.55. The molecule has 0 aromatic heterocycles. The highest BCUT2D eigenvalue weighted by atomic mass is 32.1. The summed E-state index contributed by atoms with van der Waals surface area (Å²) >= 11 is 0. The average molecular weight is 338 g/mol. The highest BCUT2D eigenvalue weighted by molar-refractivity contribution is 7.59. The number of hydrogen-bond donors (Lipinski definition) is 2. The van der Waals surface area contributed by atoms with E-state index in [1.54, 1.807) is 38.4 Å². The molecule has 0 atom stereocenters. The molecule has 0 radical (unpaired) electrons. The first kappa shape index (κ1) is 22.4. The maximum Gasteiger partial charge on any atom is 0.251 e. The Morgan fingerprint density at radius 3 is 1.14 bits per heavy atom. The molecule has 2 rings (SSSR count). The lowest BCUT2D eigenvalue weighted by molar-refractivity contribution is 0.0955. The first-order valence-electron chi connectivity index (χ1n) is 6.23. The Labute approximate surface area is 145 Å². The van der Waals surface area contributed by atoms with Crippen molar-refractivity contribution in [2.45, 2.75) is 0 Å². The largest absolute Gasteiger partial charge is 0.355 e. The van der Waals surface area contributed by atoms with Crippen LogP contribution < -0.4 is 10.6 Å². The lowest BCUT2D eigenvalue weighted by Gasteiger charge is -1.96. The van der Waals surface area contributed by atoms with Crippen LogP contribution in [0.15, 0.2) is 60.7 Å².